The molecule has 0 aliphatic heterocycles. The van der Waals surface area contributed by atoms with E-state index in [0.29, 0.717) is 12.2 Å². The molecule has 2 aromatic rings. The Morgan fingerprint density at radius 1 is 1.55 bits per heavy atom. The summed E-state index contributed by atoms with van der Waals surface area (Å²) in [5, 5.41) is 11.0. The van der Waals surface area contributed by atoms with E-state index in [9.17, 15) is 4.79 Å². The number of amides is 1. The van der Waals surface area contributed by atoms with Gasteiger partial charge in [-0.2, -0.15) is 10.2 Å². The van der Waals surface area contributed by atoms with Crippen molar-refractivity contribution in [1.82, 2.24) is 24.9 Å². The van der Waals surface area contributed by atoms with Crippen LogP contribution in [0, 0.1) is 0 Å². The van der Waals surface area contributed by atoms with Crippen LogP contribution in [0.25, 0.3) is 0 Å². The standard InChI is InChI=1S/C13H20N6O/c1-8(2)11-10(14)12(17-16-11)13(20)18(3)6-9-5-15-19(4)7-9/h5,7-8H,6,14H2,1-4H3,(H,16,17). The molecule has 0 aromatic carbocycles. The zero-order valence-electron chi connectivity index (χ0n) is 12.2. The minimum atomic E-state index is -0.200. The predicted octanol–water partition coefficient (Wildman–Crippen LogP) is 1.12. The van der Waals surface area contributed by atoms with Crippen molar-refractivity contribution in [3.05, 3.63) is 29.3 Å². The van der Waals surface area contributed by atoms with Crippen molar-refractivity contribution in [2.75, 3.05) is 12.8 Å². The molecule has 7 nitrogen and oxygen atoms in total. The van der Waals surface area contributed by atoms with Gasteiger partial charge in [-0.1, -0.05) is 13.8 Å². The lowest BCUT2D eigenvalue weighted by molar-refractivity contribution is 0.0780. The summed E-state index contributed by atoms with van der Waals surface area (Å²) in [7, 11) is 3.56. The van der Waals surface area contributed by atoms with Crippen molar-refractivity contribution in [3.8, 4) is 0 Å². The first-order valence-electron chi connectivity index (χ1n) is 6.46. The van der Waals surface area contributed by atoms with Crippen LogP contribution in [0.15, 0.2) is 12.4 Å². The maximum Gasteiger partial charge on any atom is 0.276 e. The fraction of sp³-hybridized carbons (Fsp3) is 0.462. The Balaban J connectivity index is 2.14. The quantitative estimate of drug-likeness (QED) is 0.875. The van der Waals surface area contributed by atoms with E-state index in [4.69, 9.17) is 5.73 Å². The number of rotatable bonds is 4. The molecule has 0 radical (unpaired) electrons. The van der Waals surface area contributed by atoms with Crippen LogP contribution >= 0.6 is 0 Å². The molecule has 2 heterocycles. The molecule has 0 unspecified atom stereocenters. The van der Waals surface area contributed by atoms with E-state index in [-0.39, 0.29) is 17.5 Å². The second-order valence-electron chi connectivity index (χ2n) is 5.24. The Bertz CT molecular complexity index is 612. The van der Waals surface area contributed by atoms with Gasteiger partial charge in [0.05, 0.1) is 17.6 Å². The molecule has 0 saturated heterocycles. The first kappa shape index (κ1) is 14.1. The molecule has 0 saturated carbocycles. The minimum absolute atomic E-state index is 0.200. The van der Waals surface area contributed by atoms with Crippen molar-refractivity contribution in [3.63, 3.8) is 0 Å². The van der Waals surface area contributed by atoms with E-state index in [1.54, 1.807) is 22.8 Å². The number of carbonyl (C=O) groups is 1. The number of aromatic nitrogens is 4. The molecule has 108 valence electrons. The van der Waals surface area contributed by atoms with Gasteiger partial charge in [-0.25, -0.2) is 0 Å². The van der Waals surface area contributed by atoms with Gasteiger partial charge in [-0.3, -0.25) is 14.6 Å². The number of aryl methyl sites for hydroxylation is 1. The van der Waals surface area contributed by atoms with Gasteiger partial charge >= 0.3 is 0 Å². The smallest absolute Gasteiger partial charge is 0.276 e. The van der Waals surface area contributed by atoms with Gasteiger partial charge in [0.2, 0.25) is 0 Å². The molecule has 0 fully saturated rings. The number of nitrogens with zero attached hydrogens (tertiary/aromatic N) is 4. The number of H-pyrrole nitrogens is 1. The molecule has 0 aliphatic rings. The molecule has 0 atom stereocenters. The highest BCUT2D eigenvalue weighted by Crippen LogP contribution is 2.23. The maximum absolute atomic E-state index is 12.3. The van der Waals surface area contributed by atoms with Crippen LogP contribution in [-0.2, 0) is 13.6 Å². The summed E-state index contributed by atoms with van der Waals surface area (Å²) in [6.07, 6.45) is 3.61. The highest BCUT2D eigenvalue weighted by atomic mass is 16.2. The molecule has 1 amide bonds. The van der Waals surface area contributed by atoms with Crippen molar-refractivity contribution in [2.45, 2.75) is 26.3 Å². The average Bonchev–Trinajstić information content (AvgIpc) is 2.94. The van der Waals surface area contributed by atoms with E-state index in [2.05, 4.69) is 15.3 Å². The normalized spacial score (nSPS) is 11.1. The summed E-state index contributed by atoms with van der Waals surface area (Å²) in [6, 6.07) is 0. The van der Waals surface area contributed by atoms with Crippen LogP contribution in [-0.4, -0.2) is 37.8 Å². The molecule has 7 heteroatoms. The molecule has 2 rings (SSSR count). The van der Waals surface area contributed by atoms with Gasteiger partial charge in [0, 0.05) is 32.4 Å². The summed E-state index contributed by atoms with van der Waals surface area (Å²) in [6.45, 7) is 4.46. The molecular formula is C13H20N6O. The van der Waals surface area contributed by atoms with Crippen LogP contribution in [0.3, 0.4) is 0 Å². The Morgan fingerprint density at radius 3 is 2.75 bits per heavy atom. The Hall–Kier alpha value is -2.31. The van der Waals surface area contributed by atoms with Crippen molar-refractivity contribution in [2.24, 2.45) is 7.05 Å². The Labute approximate surface area is 117 Å². The largest absolute Gasteiger partial charge is 0.395 e. The zero-order chi connectivity index (χ0) is 14.9. The lowest BCUT2D eigenvalue weighted by atomic mass is 10.1. The first-order valence-corrected chi connectivity index (χ1v) is 6.46. The van der Waals surface area contributed by atoms with E-state index >= 15 is 0 Å². The second kappa shape index (κ2) is 5.36. The summed E-state index contributed by atoms with van der Waals surface area (Å²) >= 11 is 0. The van der Waals surface area contributed by atoms with Crippen LogP contribution < -0.4 is 5.73 Å². The highest BCUT2D eigenvalue weighted by Gasteiger charge is 2.22. The number of anilines is 1. The van der Waals surface area contributed by atoms with Crippen molar-refractivity contribution in [1.29, 1.82) is 0 Å². The fourth-order valence-corrected chi connectivity index (χ4v) is 2.05. The van der Waals surface area contributed by atoms with Crippen LogP contribution in [0.1, 0.15) is 41.5 Å². The fourth-order valence-electron chi connectivity index (χ4n) is 2.05. The lowest BCUT2D eigenvalue weighted by Crippen LogP contribution is -2.27. The van der Waals surface area contributed by atoms with Gasteiger partial charge in [0.1, 0.15) is 0 Å². The number of nitrogen functional groups attached to an aromatic ring is 1. The predicted molar refractivity (Wildman–Crippen MR) is 76.1 cm³/mol. The van der Waals surface area contributed by atoms with Gasteiger partial charge in [-0.05, 0) is 5.92 Å². The molecular weight excluding hydrogens is 256 g/mol. The Morgan fingerprint density at radius 2 is 2.25 bits per heavy atom. The molecule has 0 spiro atoms. The third-order valence-corrected chi connectivity index (χ3v) is 3.14. The molecule has 3 N–H and O–H groups in total. The van der Waals surface area contributed by atoms with Crippen molar-refractivity contribution >= 4 is 11.6 Å². The number of hydrogen-bond acceptors (Lipinski definition) is 4. The summed E-state index contributed by atoms with van der Waals surface area (Å²) in [5.74, 6) is 0.00202. The van der Waals surface area contributed by atoms with Crippen LogP contribution in [0.4, 0.5) is 5.69 Å². The number of nitrogens with two attached hydrogens (primary N) is 1. The number of aromatic amines is 1. The Kier molecular flexibility index (Phi) is 3.78. The second-order valence-corrected chi connectivity index (χ2v) is 5.24. The first-order chi connectivity index (χ1) is 9.40. The number of carbonyl (C=O) groups excluding carboxylic acids is 1. The molecule has 2 aromatic heterocycles. The van der Waals surface area contributed by atoms with E-state index in [1.165, 1.54) is 0 Å². The summed E-state index contributed by atoms with van der Waals surface area (Å²) < 4.78 is 1.70. The highest BCUT2D eigenvalue weighted by molar-refractivity contribution is 5.97. The molecule has 0 aliphatic carbocycles. The third kappa shape index (κ3) is 2.66. The van der Waals surface area contributed by atoms with Gasteiger partial charge in [0.25, 0.3) is 5.91 Å². The van der Waals surface area contributed by atoms with Crippen LogP contribution in [0.5, 0.6) is 0 Å². The lowest BCUT2D eigenvalue weighted by Gasteiger charge is -2.15. The van der Waals surface area contributed by atoms with E-state index in [0.717, 1.165) is 11.3 Å². The zero-order valence-corrected chi connectivity index (χ0v) is 12.2. The monoisotopic (exact) mass is 276 g/mol. The average molecular weight is 276 g/mol. The van der Waals surface area contributed by atoms with E-state index < -0.39 is 0 Å². The maximum atomic E-state index is 12.3. The summed E-state index contributed by atoms with van der Waals surface area (Å²) in [5.41, 5.74) is 8.45. The number of hydrogen-bond donors (Lipinski definition) is 2. The number of nitrogens with one attached hydrogen (secondary N) is 1. The van der Waals surface area contributed by atoms with Gasteiger partial charge < -0.3 is 10.6 Å². The molecule has 0 bridgehead atoms. The van der Waals surface area contributed by atoms with E-state index in [1.807, 2.05) is 27.1 Å². The van der Waals surface area contributed by atoms with Gasteiger partial charge in [-0.15, -0.1) is 0 Å². The SMILES string of the molecule is CC(C)c1[nH]nc(C(=O)N(C)Cc2cnn(C)c2)c1N. The van der Waals surface area contributed by atoms with Crippen molar-refractivity contribution < 1.29 is 4.79 Å². The summed E-state index contributed by atoms with van der Waals surface area (Å²) in [4.78, 5) is 13.9. The third-order valence-electron chi connectivity index (χ3n) is 3.14. The minimum Gasteiger partial charge on any atom is -0.395 e. The van der Waals surface area contributed by atoms with Crippen LogP contribution in [0.2, 0.25) is 0 Å². The van der Waals surface area contributed by atoms with Gasteiger partial charge in [0.15, 0.2) is 5.69 Å². The molecule has 20 heavy (non-hydrogen) atoms. The topological polar surface area (TPSA) is 92.8 Å².